The molecule has 0 N–H and O–H groups in total. The topological polar surface area (TPSA) is 75.1 Å². The number of halogens is 1. The van der Waals surface area contributed by atoms with Crippen LogP contribution in [0.2, 0.25) is 0 Å². The van der Waals surface area contributed by atoms with E-state index in [2.05, 4.69) is 365 Å². The average Bonchev–Trinajstić information content (AvgIpc) is 1.58. The number of fused-ring (bicyclic) bond motifs is 8. The van der Waals surface area contributed by atoms with E-state index in [4.69, 9.17) is 27.9 Å². The SMILES string of the molecule is Brc1ccc2c(c1)c1cc3c(cc(-c4ccccc4)n3-c3ccccc3)cc1n2-c1ccc(-c2ccccc2)cc1.CC1(C)OB(B2OC(C)(C)C(C)(C)O2)OC1(C)C.CC1(C)OB(c2ccc3c(c2)c2cc4c(cc(-c5ccccc5)n4-c4ccccc4)cc2n3-c2ccc(-c3ccccc3)cc2)OC1(C)C. The van der Waals surface area contributed by atoms with Gasteiger partial charge in [-0.2, -0.15) is 0 Å². The number of hydrogen-bond acceptors (Lipinski definition) is 6. The maximum absolute atomic E-state index is 6.52. The van der Waals surface area contributed by atoms with E-state index in [9.17, 15) is 0 Å². The number of nitrogens with zero attached hydrogens (tertiary/aromatic N) is 4. The van der Waals surface area contributed by atoms with Crippen LogP contribution in [0.1, 0.15) is 83.1 Å². The molecule has 534 valence electrons. The highest BCUT2D eigenvalue weighted by atomic mass is 79.9. The summed E-state index contributed by atoms with van der Waals surface area (Å²) in [6, 6.07) is 109. The first kappa shape index (κ1) is 70.7. The predicted octanol–water partition coefficient (Wildman–Crippen LogP) is 23.4. The van der Waals surface area contributed by atoms with E-state index in [1.165, 1.54) is 87.9 Å². The van der Waals surface area contributed by atoms with Crippen LogP contribution >= 0.6 is 15.9 Å². The summed E-state index contributed by atoms with van der Waals surface area (Å²) in [4.78, 5) is 0. The lowest BCUT2D eigenvalue weighted by Gasteiger charge is -2.32. The zero-order valence-electron chi connectivity index (χ0n) is 63.2. The summed E-state index contributed by atoms with van der Waals surface area (Å²) in [6.07, 6.45) is 0. The van der Waals surface area contributed by atoms with Crippen LogP contribution in [0.25, 0.3) is 133 Å². The Morgan fingerprint density at radius 1 is 0.241 bits per heavy atom. The molecule has 19 rings (SSSR count). The number of rotatable bonds is 10. The molecule has 10 nitrogen and oxygen atoms in total. The molecule has 3 fully saturated rings. The van der Waals surface area contributed by atoms with Gasteiger partial charge in [-0.15, -0.1) is 0 Å². The van der Waals surface area contributed by atoms with Gasteiger partial charge in [0.2, 0.25) is 0 Å². The van der Waals surface area contributed by atoms with Crippen molar-refractivity contribution in [1.82, 2.24) is 18.3 Å². The maximum Gasteiger partial charge on any atom is 0.494 e. The zero-order valence-corrected chi connectivity index (χ0v) is 64.8. The molecule has 0 spiro atoms. The Labute approximate surface area is 641 Å². The van der Waals surface area contributed by atoms with Crippen LogP contribution in [0, 0.1) is 0 Å². The van der Waals surface area contributed by atoms with Crippen LogP contribution in [0.4, 0.5) is 0 Å². The van der Waals surface area contributed by atoms with Crippen LogP contribution in [-0.2, 0) is 27.9 Å². The Morgan fingerprint density at radius 3 is 0.907 bits per heavy atom. The highest BCUT2D eigenvalue weighted by Crippen LogP contribution is 2.46. The molecule has 7 heterocycles. The first-order valence-electron chi connectivity index (χ1n) is 37.4. The molecule has 0 aliphatic carbocycles. The zero-order chi connectivity index (χ0) is 74.7. The lowest BCUT2D eigenvalue weighted by atomic mass is 9.49. The molecular weight excluding hydrogens is 1390 g/mol. The molecule has 0 unspecified atom stereocenters. The quantitative estimate of drug-likeness (QED) is 0.127. The van der Waals surface area contributed by atoms with Gasteiger partial charge in [-0.05, 0) is 231 Å². The first-order chi connectivity index (χ1) is 51.9. The Hall–Kier alpha value is -10.2. The highest BCUT2D eigenvalue weighted by molar-refractivity contribution is 9.10. The molecule has 3 saturated heterocycles. The van der Waals surface area contributed by atoms with Gasteiger partial charge >= 0.3 is 21.1 Å². The van der Waals surface area contributed by atoms with E-state index >= 15 is 0 Å². The smallest absolute Gasteiger partial charge is 0.405 e. The van der Waals surface area contributed by atoms with E-state index in [0.29, 0.717) is 0 Å². The predicted molar refractivity (Wildman–Crippen MR) is 453 cm³/mol. The second kappa shape index (κ2) is 27.2. The second-order valence-electron chi connectivity index (χ2n) is 31.8. The summed E-state index contributed by atoms with van der Waals surface area (Å²) < 4.78 is 47.5. The van der Waals surface area contributed by atoms with Gasteiger partial charge in [-0.25, -0.2) is 0 Å². The van der Waals surface area contributed by atoms with Crippen molar-refractivity contribution >= 4 is 108 Å². The minimum Gasteiger partial charge on any atom is -0.405 e. The normalized spacial score (nSPS) is 16.7. The molecule has 4 aromatic heterocycles. The van der Waals surface area contributed by atoms with Crippen molar-refractivity contribution in [3.05, 3.63) is 308 Å². The van der Waals surface area contributed by atoms with Crippen LogP contribution in [0.3, 0.4) is 0 Å². The molecule has 14 heteroatoms. The summed E-state index contributed by atoms with van der Waals surface area (Å²) in [5, 5.41) is 7.21. The fourth-order valence-electron chi connectivity index (χ4n) is 15.3. The van der Waals surface area contributed by atoms with Crippen molar-refractivity contribution in [2.24, 2.45) is 0 Å². The molecule has 0 radical (unpaired) electrons. The van der Waals surface area contributed by atoms with Gasteiger partial charge in [0.25, 0.3) is 0 Å². The van der Waals surface area contributed by atoms with Gasteiger partial charge < -0.3 is 46.2 Å². The number of para-hydroxylation sites is 2. The van der Waals surface area contributed by atoms with Crippen LogP contribution in [-0.4, -0.2) is 73.0 Å². The molecule has 108 heavy (non-hydrogen) atoms. The third-order valence-corrected chi connectivity index (χ3v) is 23.8. The monoisotopic (exact) mass is 1480 g/mol. The average molecular weight is 1480 g/mol. The van der Waals surface area contributed by atoms with Crippen LogP contribution in [0.15, 0.2) is 308 Å². The van der Waals surface area contributed by atoms with Gasteiger partial charge in [0.05, 0.1) is 78.1 Å². The minimum absolute atomic E-state index is 0.360. The first-order valence-corrected chi connectivity index (χ1v) is 38.2. The van der Waals surface area contributed by atoms with E-state index < -0.39 is 32.3 Å². The van der Waals surface area contributed by atoms with Crippen molar-refractivity contribution in [2.45, 2.75) is 117 Å². The molecule has 0 bridgehead atoms. The van der Waals surface area contributed by atoms with Gasteiger partial charge in [0.15, 0.2) is 0 Å². The van der Waals surface area contributed by atoms with Crippen LogP contribution in [0.5, 0.6) is 0 Å². The van der Waals surface area contributed by atoms with E-state index in [1.807, 2.05) is 55.4 Å². The lowest BCUT2D eigenvalue weighted by Crippen LogP contribution is -2.41. The molecule has 0 atom stereocenters. The van der Waals surface area contributed by atoms with E-state index in [-0.39, 0.29) is 22.4 Å². The second-order valence-corrected chi connectivity index (χ2v) is 32.7. The summed E-state index contributed by atoms with van der Waals surface area (Å²) in [5.74, 6) is 0. The third-order valence-electron chi connectivity index (χ3n) is 23.3. The van der Waals surface area contributed by atoms with Crippen molar-refractivity contribution < 1.29 is 27.9 Å². The van der Waals surface area contributed by atoms with Gasteiger partial charge in [-0.1, -0.05) is 210 Å². The highest BCUT2D eigenvalue weighted by Gasteiger charge is 2.64. The Kier molecular flexibility index (Phi) is 17.8. The Bertz CT molecular complexity index is 5940. The van der Waals surface area contributed by atoms with E-state index in [1.54, 1.807) is 0 Å². The summed E-state index contributed by atoms with van der Waals surface area (Å²) in [7, 11) is -1.40. The van der Waals surface area contributed by atoms with E-state index in [0.717, 1.165) is 54.9 Å². The third kappa shape index (κ3) is 12.6. The molecule has 3 aliphatic heterocycles. The fourth-order valence-corrected chi connectivity index (χ4v) is 15.7. The fraction of sp³-hybridized carbons (Fsp3) is 0.191. The lowest BCUT2D eigenvalue weighted by molar-refractivity contribution is 0.00578. The molecule has 12 aromatic carbocycles. The number of benzene rings is 12. The number of hydrogen-bond donors (Lipinski definition) is 0. The van der Waals surface area contributed by atoms with Crippen molar-refractivity contribution in [2.75, 3.05) is 0 Å². The van der Waals surface area contributed by atoms with Gasteiger partial charge in [-0.3, -0.25) is 0 Å². The summed E-state index contributed by atoms with van der Waals surface area (Å²) in [5.41, 5.74) is 19.9. The minimum atomic E-state index is -0.476. The molecule has 0 saturated carbocycles. The van der Waals surface area contributed by atoms with Gasteiger partial charge in [0, 0.05) is 59.5 Å². The van der Waals surface area contributed by atoms with Crippen LogP contribution < -0.4 is 5.46 Å². The summed E-state index contributed by atoms with van der Waals surface area (Å²) in [6.45, 7) is 24.6. The number of aromatic nitrogens is 4. The molecule has 0 amide bonds. The molecular formula is C94H86B3BrN4O6. The largest absolute Gasteiger partial charge is 0.494 e. The van der Waals surface area contributed by atoms with Gasteiger partial charge in [0.1, 0.15) is 0 Å². The van der Waals surface area contributed by atoms with Crippen molar-refractivity contribution in [3.63, 3.8) is 0 Å². The van der Waals surface area contributed by atoms with Crippen molar-refractivity contribution in [3.8, 4) is 67.5 Å². The Morgan fingerprint density at radius 2 is 0.537 bits per heavy atom. The molecule has 16 aromatic rings. The van der Waals surface area contributed by atoms with Crippen molar-refractivity contribution in [1.29, 1.82) is 0 Å². The maximum atomic E-state index is 6.52. The molecule has 3 aliphatic rings. The summed E-state index contributed by atoms with van der Waals surface area (Å²) >= 11 is 3.74. The Balaban J connectivity index is 0.000000130. The standard InChI is InChI=1S/C44H37BN2O2.C38H25BrN2.C12H24B2O4/c1-43(2)44(3,4)49-45(48-43)34-22-25-39-37(28-34)38-29-41-33(26-40(32-16-10-6-11-17-32)47(41)35-18-12-7-13-19-35)27-42(38)46(39)36-23-20-31(21-24-36)30-14-8-5-9-15-30;39-30-18-21-35-33(24-30)34-25-37-29(22-36(28-12-6-2-7-13-28)41(37)31-14-8-3-9-15-31)23-38(34)40(35)32-19-16-27(17-20-32)26-10-4-1-5-11-26;1-9(2)10(3,4)16-13(15-9)14-17-11(5,6)12(7,8)18-14/h5-29H,1-4H3;1-25H;1-8H3.